The second-order valence-electron chi connectivity index (χ2n) is 5.93. The number of unbranched alkanes of at least 4 members (excludes halogenated alkanes) is 10. The first-order valence-electron chi connectivity index (χ1n) is 8.59. The van der Waals surface area contributed by atoms with Crippen LogP contribution >= 0.6 is 0 Å². The summed E-state index contributed by atoms with van der Waals surface area (Å²) in [6.07, 6.45) is 16.4. The quantitative estimate of drug-likeness (QED) is 0.427. The van der Waals surface area contributed by atoms with Gasteiger partial charge in [0.2, 0.25) is 0 Å². The SMILES string of the molecule is CCCCCCCCCCCCCc1ccc([O-])cc1.[Li+]. The first kappa shape index (κ1) is 20.6. The van der Waals surface area contributed by atoms with Gasteiger partial charge in [0, 0.05) is 0 Å². The summed E-state index contributed by atoms with van der Waals surface area (Å²) in [6, 6.07) is 7.29. The molecule has 0 saturated heterocycles. The predicted molar refractivity (Wildman–Crippen MR) is 86.1 cm³/mol. The van der Waals surface area contributed by atoms with Crippen molar-refractivity contribution in [2.45, 2.75) is 84.0 Å². The predicted octanol–water partition coefficient (Wildman–Crippen LogP) is 2.62. The minimum atomic E-state index is 0. The Morgan fingerprint density at radius 3 is 1.57 bits per heavy atom. The van der Waals surface area contributed by atoms with Crippen LogP contribution in [0.2, 0.25) is 0 Å². The van der Waals surface area contributed by atoms with E-state index in [1.54, 1.807) is 12.1 Å². The topological polar surface area (TPSA) is 23.1 Å². The van der Waals surface area contributed by atoms with Crippen molar-refractivity contribution in [2.75, 3.05) is 0 Å². The van der Waals surface area contributed by atoms with Crippen molar-refractivity contribution in [3.8, 4) is 5.75 Å². The van der Waals surface area contributed by atoms with Crippen molar-refractivity contribution in [3.63, 3.8) is 0 Å². The second kappa shape index (κ2) is 14.6. The van der Waals surface area contributed by atoms with E-state index in [-0.39, 0.29) is 24.6 Å². The van der Waals surface area contributed by atoms with E-state index in [9.17, 15) is 5.11 Å². The van der Waals surface area contributed by atoms with Gasteiger partial charge in [-0.05, 0) is 18.4 Å². The average Bonchev–Trinajstić information content (AvgIpc) is 2.47. The number of hydrogen-bond donors (Lipinski definition) is 0. The summed E-state index contributed by atoms with van der Waals surface area (Å²) < 4.78 is 0. The van der Waals surface area contributed by atoms with Gasteiger partial charge in [0.15, 0.2) is 0 Å². The largest absolute Gasteiger partial charge is 1.00 e. The van der Waals surface area contributed by atoms with Crippen LogP contribution in [-0.2, 0) is 6.42 Å². The maximum absolute atomic E-state index is 11.0. The van der Waals surface area contributed by atoms with Crippen molar-refractivity contribution in [2.24, 2.45) is 0 Å². The van der Waals surface area contributed by atoms with Crippen LogP contribution in [0.25, 0.3) is 0 Å². The Bertz CT molecular complexity index is 321. The molecule has 0 heterocycles. The van der Waals surface area contributed by atoms with Crippen LogP contribution < -0.4 is 24.0 Å². The molecule has 21 heavy (non-hydrogen) atoms. The van der Waals surface area contributed by atoms with Gasteiger partial charge in [0.05, 0.1) is 0 Å². The Morgan fingerprint density at radius 1 is 0.667 bits per heavy atom. The molecular formula is C19H31LiO. The van der Waals surface area contributed by atoms with Gasteiger partial charge in [-0.1, -0.05) is 95.4 Å². The molecule has 0 radical (unpaired) electrons. The maximum atomic E-state index is 11.0. The Morgan fingerprint density at radius 2 is 1.10 bits per heavy atom. The van der Waals surface area contributed by atoms with Gasteiger partial charge in [-0.2, -0.15) is 0 Å². The Kier molecular flexibility index (Phi) is 14.3. The zero-order valence-electron chi connectivity index (χ0n) is 14.2. The zero-order chi connectivity index (χ0) is 14.5. The molecule has 0 spiro atoms. The summed E-state index contributed by atoms with van der Waals surface area (Å²) in [7, 11) is 0. The van der Waals surface area contributed by atoms with Crippen LogP contribution in [-0.4, -0.2) is 0 Å². The van der Waals surface area contributed by atoms with Gasteiger partial charge >= 0.3 is 18.9 Å². The van der Waals surface area contributed by atoms with Crippen molar-refractivity contribution in [1.82, 2.24) is 0 Å². The van der Waals surface area contributed by atoms with Gasteiger partial charge in [-0.3, -0.25) is 0 Å². The summed E-state index contributed by atoms with van der Waals surface area (Å²) in [5.74, 6) is 0.118. The van der Waals surface area contributed by atoms with Gasteiger partial charge in [0.1, 0.15) is 0 Å². The molecule has 0 aliphatic carbocycles. The molecule has 1 aromatic rings. The van der Waals surface area contributed by atoms with Crippen LogP contribution in [0.5, 0.6) is 5.75 Å². The molecule has 0 bridgehead atoms. The van der Waals surface area contributed by atoms with Crippen molar-refractivity contribution < 1.29 is 24.0 Å². The smallest absolute Gasteiger partial charge is 0.872 e. The molecule has 114 valence electrons. The van der Waals surface area contributed by atoms with Gasteiger partial charge < -0.3 is 5.11 Å². The van der Waals surface area contributed by atoms with Gasteiger partial charge in [-0.15, -0.1) is 5.75 Å². The number of rotatable bonds is 12. The number of hydrogen-bond acceptors (Lipinski definition) is 1. The molecule has 1 aromatic carbocycles. The summed E-state index contributed by atoms with van der Waals surface area (Å²) in [4.78, 5) is 0. The van der Waals surface area contributed by atoms with Crippen LogP contribution in [0.1, 0.15) is 83.1 Å². The summed E-state index contributed by atoms with van der Waals surface area (Å²) in [6.45, 7) is 2.27. The molecule has 1 nitrogen and oxygen atoms in total. The van der Waals surface area contributed by atoms with Crippen LogP contribution in [0.3, 0.4) is 0 Å². The van der Waals surface area contributed by atoms with E-state index in [1.807, 2.05) is 12.1 Å². The molecular weight excluding hydrogens is 251 g/mol. The fourth-order valence-electron chi connectivity index (χ4n) is 2.65. The summed E-state index contributed by atoms with van der Waals surface area (Å²) in [5.41, 5.74) is 1.31. The van der Waals surface area contributed by atoms with E-state index in [0.29, 0.717) is 0 Å². The molecule has 1 rings (SSSR count). The Balaban J connectivity index is 0.00000400. The third-order valence-corrected chi connectivity index (χ3v) is 3.99. The summed E-state index contributed by atoms with van der Waals surface area (Å²) >= 11 is 0. The molecule has 0 unspecified atom stereocenters. The number of benzene rings is 1. The maximum Gasteiger partial charge on any atom is 1.00 e. The zero-order valence-corrected chi connectivity index (χ0v) is 14.2. The molecule has 0 aliphatic heterocycles. The fourth-order valence-corrected chi connectivity index (χ4v) is 2.65. The van der Waals surface area contributed by atoms with E-state index in [0.717, 1.165) is 6.42 Å². The molecule has 0 N–H and O–H groups in total. The van der Waals surface area contributed by atoms with Crippen LogP contribution in [0.15, 0.2) is 24.3 Å². The van der Waals surface area contributed by atoms with Gasteiger partial charge in [0.25, 0.3) is 0 Å². The van der Waals surface area contributed by atoms with E-state index in [1.165, 1.54) is 76.2 Å². The first-order valence-corrected chi connectivity index (χ1v) is 8.59. The second-order valence-corrected chi connectivity index (χ2v) is 5.93. The van der Waals surface area contributed by atoms with E-state index >= 15 is 0 Å². The molecule has 0 atom stereocenters. The number of aryl methyl sites for hydroxylation is 1. The molecule has 0 amide bonds. The standard InChI is InChI=1S/C19H32O.Li/c1-2-3-4-5-6-7-8-9-10-11-12-13-18-14-16-19(20)17-15-18;/h14-17,20H,2-13H2,1H3;/q;+1/p-1. The molecule has 0 aliphatic rings. The normalized spacial score (nSPS) is 10.3. The van der Waals surface area contributed by atoms with E-state index in [4.69, 9.17) is 0 Å². The van der Waals surface area contributed by atoms with E-state index in [2.05, 4.69) is 6.92 Å². The fraction of sp³-hybridized carbons (Fsp3) is 0.684. The first-order chi connectivity index (χ1) is 9.83. The van der Waals surface area contributed by atoms with Crippen LogP contribution in [0.4, 0.5) is 0 Å². The minimum absolute atomic E-state index is 0. The third-order valence-electron chi connectivity index (χ3n) is 3.99. The molecule has 0 aromatic heterocycles. The monoisotopic (exact) mass is 282 g/mol. The van der Waals surface area contributed by atoms with E-state index < -0.39 is 0 Å². The average molecular weight is 282 g/mol. The molecule has 2 heteroatoms. The van der Waals surface area contributed by atoms with Crippen molar-refractivity contribution in [1.29, 1.82) is 0 Å². The Hall–Kier alpha value is -0.383. The molecule has 0 saturated carbocycles. The van der Waals surface area contributed by atoms with Crippen molar-refractivity contribution in [3.05, 3.63) is 29.8 Å². The Labute approximate surface area is 143 Å². The summed E-state index contributed by atoms with van der Waals surface area (Å²) in [5, 5.41) is 11.0. The van der Waals surface area contributed by atoms with Crippen molar-refractivity contribution >= 4 is 0 Å². The third kappa shape index (κ3) is 11.9. The minimum Gasteiger partial charge on any atom is -0.872 e. The molecule has 0 fully saturated rings. The van der Waals surface area contributed by atoms with Gasteiger partial charge in [-0.25, -0.2) is 0 Å². The van der Waals surface area contributed by atoms with Crippen LogP contribution in [0, 0.1) is 0 Å².